The molecule has 0 aliphatic carbocycles. The molecule has 6 nitrogen and oxygen atoms in total. The maximum absolute atomic E-state index is 12.7. The predicted molar refractivity (Wildman–Crippen MR) is 97.4 cm³/mol. The number of aromatic amines is 1. The molecule has 0 saturated heterocycles. The van der Waals surface area contributed by atoms with Crippen LogP contribution in [0.15, 0.2) is 36.5 Å². The SMILES string of the molecule is COc1cc(NC(=O)c2c[nH]c3ccc(Cl)cc23)cc(OC)c1OC. The van der Waals surface area contributed by atoms with Crippen molar-refractivity contribution in [3.05, 3.63) is 47.1 Å². The van der Waals surface area contributed by atoms with E-state index in [9.17, 15) is 4.79 Å². The van der Waals surface area contributed by atoms with Crippen LogP contribution in [0.1, 0.15) is 10.4 Å². The summed E-state index contributed by atoms with van der Waals surface area (Å²) in [6, 6.07) is 8.68. The molecule has 0 atom stereocenters. The lowest BCUT2D eigenvalue weighted by Gasteiger charge is -2.14. The van der Waals surface area contributed by atoms with E-state index in [4.69, 9.17) is 25.8 Å². The Morgan fingerprint density at radius 3 is 2.32 bits per heavy atom. The second-order valence-corrected chi connectivity index (χ2v) is 5.70. The van der Waals surface area contributed by atoms with Gasteiger partial charge in [-0.05, 0) is 18.2 Å². The molecule has 0 radical (unpaired) electrons. The van der Waals surface area contributed by atoms with Gasteiger partial charge in [-0.1, -0.05) is 11.6 Å². The summed E-state index contributed by atoms with van der Waals surface area (Å²) < 4.78 is 15.9. The molecule has 3 aromatic rings. The van der Waals surface area contributed by atoms with E-state index < -0.39 is 0 Å². The van der Waals surface area contributed by atoms with Crippen LogP contribution in [0.2, 0.25) is 5.02 Å². The molecule has 0 aliphatic rings. The highest BCUT2D eigenvalue weighted by atomic mass is 35.5. The highest BCUT2D eigenvalue weighted by Crippen LogP contribution is 2.40. The molecule has 0 saturated carbocycles. The minimum absolute atomic E-state index is 0.275. The summed E-state index contributed by atoms with van der Waals surface area (Å²) in [6.45, 7) is 0. The number of hydrogen-bond donors (Lipinski definition) is 2. The van der Waals surface area contributed by atoms with Crippen LogP contribution in [-0.2, 0) is 0 Å². The zero-order chi connectivity index (χ0) is 18.0. The van der Waals surface area contributed by atoms with Crippen molar-refractivity contribution in [2.45, 2.75) is 0 Å². The van der Waals surface area contributed by atoms with Gasteiger partial charge >= 0.3 is 0 Å². The van der Waals surface area contributed by atoms with Crippen LogP contribution in [0, 0.1) is 0 Å². The van der Waals surface area contributed by atoms with Gasteiger partial charge in [0.2, 0.25) is 5.75 Å². The molecule has 7 heteroatoms. The molecule has 1 amide bonds. The monoisotopic (exact) mass is 360 g/mol. The van der Waals surface area contributed by atoms with Crippen LogP contribution >= 0.6 is 11.6 Å². The largest absolute Gasteiger partial charge is 0.493 e. The number of nitrogens with one attached hydrogen (secondary N) is 2. The summed E-state index contributed by atoms with van der Waals surface area (Å²) in [5, 5.41) is 4.15. The maximum Gasteiger partial charge on any atom is 0.257 e. The quantitative estimate of drug-likeness (QED) is 0.718. The topological polar surface area (TPSA) is 72.6 Å². The van der Waals surface area contributed by atoms with Gasteiger partial charge in [0, 0.05) is 39.9 Å². The van der Waals surface area contributed by atoms with Crippen molar-refractivity contribution in [3.63, 3.8) is 0 Å². The normalized spacial score (nSPS) is 10.6. The standard InChI is InChI=1S/C18H17ClN2O4/c1-23-15-7-11(8-16(24-2)17(15)25-3)21-18(22)13-9-20-14-5-4-10(19)6-12(13)14/h4-9,20H,1-3H3,(H,21,22). The lowest BCUT2D eigenvalue weighted by molar-refractivity contribution is 0.102. The van der Waals surface area contributed by atoms with Gasteiger partial charge in [-0.3, -0.25) is 4.79 Å². The number of fused-ring (bicyclic) bond motifs is 1. The number of halogens is 1. The fourth-order valence-electron chi connectivity index (χ4n) is 2.63. The zero-order valence-electron chi connectivity index (χ0n) is 14.0. The first-order valence-corrected chi connectivity index (χ1v) is 7.83. The molecular formula is C18H17ClN2O4. The van der Waals surface area contributed by atoms with Crippen LogP contribution in [0.3, 0.4) is 0 Å². The highest BCUT2D eigenvalue weighted by Gasteiger charge is 2.17. The number of H-pyrrole nitrogens is 1. The summed E-state index contributed by atoms with van der Waals surface area (Å²) in [5.41, 5.74) is 1.85. The van der Waals surface area contributed by atoms with Crippen molar-refractivity contribution in [1.82, 2.24) is 4.98 Å². The van der Waals surface area contributed by atoms with Crippen molar-refractivity contribution in [2.75, 3.05) is 26.6 Å². The third-order valence-corrected chi connectivity index (χ3v) is 4.05. The van der Waals surface area contributed by atoms with Crippen LogP contribution in [0.4, 0.5) is 5.69 Å². The Morgan fingerprint density at radius 1 is 1.04 bits per heavy atom. The van der Waals surface area contributed by atoms with Gasteiger partial charge in [-0.15, -0.1) is 0 Å². The molecule has 1 aromatic heterocycles. The molecule has 0 spiro atoms. The number of amides is 1. The Bertz CT molecular complexity index is 911. The van der Waals surface area contributed by atoms with E-state index in [2.05, 4.69) is 10.3 Å². The lowest BCUT2D eigenvalue weighted by atomic mass is 10.1. The first-order chi connectivity index (χ1) is 12.1. The Balaban J connectivity index is 1.96. The fraction of sp³-hybridized carbons (Fsp3) is 0.167. The first-order valence-electron chi connectivity index (χ1n) is 7.45. The summed E-state index contributed by atoms with van der Waals surface area (Å²) >= 11 is 6.03. The number of benzene rings is 2. The van der Waals surface area contributed by atoms with Crippen molar-refractivity contribution in [3.8, 4) is 17.2 Å². The van der Waals surface area contributed by atoms with Crippen molar-refractivity contribution >= 4 is 34.1 Å². The zero-order valence-corrected chi connectivity index (χ0v) is 14.7. The molecular weight excluding hydrogens is 344 g/mol. The van der Waals surface area contributed by atoms with Gasteiger partial charge in [0.1, 0.15) is 0 Å². The average molecular weight is 361 g/mol. The average Bonchev–Trinajstić information content (AvgIpc) is 3.03. The summed E-state index contributed by atoms with van der Waals surface area (Å²) in [5.74, 6) is 1.10. The number of carbonyl (C=O) groups is 1. The first kappa shape index (κ1) is 17.0. The van der Waals surface area contributed by atoms with E-state index in [1.54, 1.807) is 30.5 Å². The van der Waals surface area contributed by atoms with E-state index >= 15 is 0 Å². The van der Waals surface area contributed by atoms with E-state index in [1.165, 1.54) is 21.3 Å². The number of methoxy groups -OCH3 is 3. The van der Waals surface area contributed by atoms with Crippen LogP contribution in [0.5, 0.6) is 17.2 Å². The maximum atomic E-state index is 12.7. The number of aromatic nitrogens is 1. The summed E-state index contributed by atoms with van der Waals surface area (Å²) in [6.07, 6.45) is 1.65. The molecule has 0 fully saturated rings. The Kier molecular flexibility index (Phi) is 4.72. The van der Waals surface area contributed by atoms with Gasteiger partial charge in [-0.25, -0.2) is 0 Å². The number of rotatable bonds is 5. The minimum atomic E-state index is -0.275. The summed E-state index contributed by atoms with van der Waals surface area (Å²) in [4.78, 5) is 15.7. The highest BCUT2D eigenvalue weighted by molar-refractivity contribution is 6.31. The molecule has 3 rings (SSSR count). The lowest BCUT2D eigenvalue weighted by Crippen LogP contribution is -2.11. The van der Waals surface area contributed by atoms with E-state index in [-0.39, 0.29) is 5.91 Å². The molecule has 2 N–H and O–H groups in total. The molecule has 0 unspecified atom stereocenters. The fourth-order valence-corrected chi connectivity index (χ4v) is 2.80. The molecule has 130 valence electrons. The molecule has 25 heavy (non-hydrogen) atoms. The van der Waals surface area contributed by atoms with Crippen molar-refractivity contribution in [1.29, 1.82) is 0 Å². The summed E-state index contributed by atoms with van der Waals surface area (Å²) in [7, 11) is 4.56. The number of ether oxygens (including phenoxy) is 3. The van der Waals surface area contributed by atoms with Crippen LogP contribution < -0.4 is 19.5 Å². The number of anilines is 1. The van der Waals surface area contributed by atoms with Gasteiger partial charge in [0.25, 0.3) is 5.91 Å². The smallest absolute Gasteiger partial charge is 0.257 e. The Morgan fingerprint density at radius 2 is 1.72 bits per heavy atom. The predicted octanol–water partition coefficient (Wildman–Crippen LogP) is 4.10. The molecule has 0 bridgehead atoms. The molecule has 0 aliphatic heterocycles. The van der Waals surface area contributed by atoms with E-state index in [0.29, 0.717) is 33.5 Å². The van der Waals surface area contributed by atoms with Gasteiger partial charge in [-0.2, -0.15) is 0 Å². The van der Waals surface area contributed by atoms with Gasteiger partial charge in [0.05, 0.1) is 26.9 Å². The van der Waals surface area contributed by atoms with Gasteiger partial charge in [0.15, 0.2) is 11.5 Å². The number of hydrogen-bond acceptors (Lipinski definition) is 4. The third kappa shape index (κ3) is 3.21. The minimum Gasteiger partial charge on any atom is -0.493 e. The molecule has 1 heterocycles. The van der Waals surface area contributed by atoms with Crippen molar-refractivity contribution in [2.24, 2.45) is 0 Å². The van der Waals surface area contributed by atoms with Crippen molar-refractivity contribution < 1.29 is 19.0 Å². The van der Waals surface area contributed by atoms with Crippen LogP contribution in [-0.4, -0.2) is 32.2 Å². The Labute approximate surface area is 149 Å². The van der Waals surface area contributed by atoms with Crippen LogP contribution in [0.25, 0.3) is 10.9 Å². The van der Waals surface area contributed by atoms with E-state index in [0.717, 1.165) is 10.9 Å². The van der Waals surface area contributed by atoms with E-state index in [1.807, 2.05) is 6.07 Å². The van der Waals surface area contributed by atoms with Gasteiger partial charge < -0.3 is 24.5 Å². The molecule has 2 aromatic carbocycles. The third-order valence-electron chi connectivity index (χ3n) is 3.81. The second kappa shape index (κ2) is 6.94. The number of carbonyl (C=O) groups excluding carboxylic acids is 1. The second-order valence-electron chi connectivity index (χ2n) is 5.26. The Hall–Kier alpha value is -2.86.